The number of carbonyl (C=O) groups is 2. The summed E-state index contributed by atoms with van der Waals surface area (Å²) in [5.41, 5.74) is -2.47. The maximum atomic E-state index is 12.6. The highest BCUT2D eigenvalue weighted by molar-refractivity contribution is 5.90. The van der Waals surface area contributed by atoms with Crippen LogP contribution in [0, 0.1) is 39.9 Å². The zero-order chi connectivity index (χ0) is 25.1. The van der Waals surface area contributed by atoms with Gasteiger partial charge in [0.25, 0.3) is 0 Å². The molecular weight excluding hydrogens is 430 g/mol. The van der Waals surface area contributed by atoms with Crippen LogP contribution in [0.25, 0.3) is 0 Å². The number of carbonyl (C=O) groups excluding carboxylic acids is 1. The van der Waals surface area contributed by atoms with Crippen LogP contribution in [0.1, 0.15) is 52.5 Å². The van der Waals surface area contributed by atoms with Crippen LogP contribution in [0.2, 0.25) is 0 Å². The molecule has 176 valence electrons. The maximum absolute atomic E-state index is 12.6. The van der Waals surface area contributed by atoms with E-state index in [1.807, 2.05) is 37.3 Å². The molecule has 1 N–H and O–H groups in total. The van der Waals surface area contributed by atoms with Crippen LogP contribution in [0.4, 0.5) is 0 Å². The minimum Gasteiger partial charge on any atom is -0.481 e. The lowest BCUT2D eigenvalue weighted by Crippen LogP contribution is -2.29. The fourth-order valence-electron chi connectivity index (χ4n) is 4.45. The number of aliphatic carboxylic acids is 1. The van der Waals surface area contributed by atoms with Crippen LogP contribution in [0.3, 0.4) is 0 Å². The number of nitrogens with zero attached hydrogens (tertiary/aromatic N) is 1. The fourth-order valence-corrected chi connectivity index (χ4v) is 4.45. The highest BCUT2D eigenvalue weighted by Crippen LogP contribution is 2.74. The molecule has 0 bridgehead atoms. The Morgan fingerprint density at radius 1 is 1.12 bits per heavy atom. The van der Waals surface area contributed by atoms with Gasteiger partial charge in [-0.1, -0.05) is 57.0 Å². The van der Waals surface area contributed by atoms with Gasteiger partial charge in [0.15, 0.2) is 0 Å². The molecule has 2 aromatic carbocycles. The molecule has 2 aromatic rings. The molecule has 6 nitrogen and oxygen atoms in total. The van der Waals surface area contributed by atoms with Crippen molar-refractivity contribution in [2.45, 2.75) is 52.6 Å². The van der Waals surface area contributed by atoms with E-state index in [4.69, 9.17) is 9.47 Å². The first kappa shape index (κ1) is 24.9. The van der Waals surface area contributed by atoms with E-state index >= 15 is 0 Å². The Balaban J connectivity index is 1.94. The zero-order valence-corrected chi connectivity index (χ0v) is 20.1. The van der Waals surface area contributed by atoms with Gasteiger partial charge in [0, 0.05) is 11.8 Å². The van der Waals surface area contributed by atoms with E-state index in [2.05, 4.69) is 17.9 Å². The van der Waals surface area contributed by atoms with Gasteiger partial charge in [-0.05, 0) is 55.5 Å². The topological polar surface area (TPSA) is 96.6 Å². The van der Waals surface area contributed by atoms with Gasteiger partial charge in [0.05, 0.1) is 12.0 Å². The van der Waals surface area contributed by atoms with Gasteiger partial charge >= 0.3 is 11.9 Å². The van der Waals surface area contributed by atoms with Crippen molar-refractivity contribution in [2.24, 2.45) is 16.7 Å². The Kier molecular flexibility index (Phi) is 6.75. The Morgan fingerprint density at radius 2 is 1.76 bits per heavy atom. The van der Waals surface area contributed by atoms with Crippen LogP contribution in [-0.2, 0) is 14.3 Å². The highest BCUT2D eigenvalue weighted by Gasteiger charge is 2.79. The standard InChI is InChI=1S/C28H29NO5/c1-6-26(2,3)34-24(30)16-15-23-27(4,5)28(23,25(31)32)22(18-29)19-11-10-14-21(17-19)33-20-12-8-7-9-13-20/h7-14,17,22-23H,6H2,1-5H3,(H,31,32)/t22?,23-,28+/m0/s1. The third-order valence-electron chi connectivity index (χ3n) is 6.81. The molecule has 1 saturated carbocycles. The molecule has 0 spiro atoms. The summed E-state index contributed by atoms with van der Waals surface area (Å²) in [6.07, 6.45) is 0.617. The van der Waals surface area contributed by atoms with E-state index in [9.17, 15) is 20.0 Å². The average molecular weight is 460 g/mol. The Bertz CT molecular complexity index is 1180. The number of rotatable bonds is 7. The highest BCUT2D eigenvalue weighted by atomic mass is 16.6. The van der Waals surface area contributed by atoms with E-state index in [1.165, 1.54) is 0 Å². The number of carboxylic acids is 1. The van der Waals surface area contributed by atoms with Gasteiger partial charge in [-0.25, -0.2) is 4.79 Å². The van der Waals surface area contributed by atoms with Crippen molar-refractivity contribution in [3.05, 3.63) is 60.2 Å². The number of carboxylic acid groups (broad SMARTS) is 1. The average Bonchev–Trinajstić information content (AvgIpc) is 3.29. The summed E-state index contributed by atoms with van der Waals surface area (Å²) in [6, 6.07) is 18.3. The number of hydrogen-bond acceptors (Lipinski definition) is 5. The molecule has 0 aromatic heterocycles. The molecule has 3 atom stereocenters. The van der Waals surface area contributed by atoms with Gasteiger partial charge in [0.2, 0.25) is 0 Å². The summed E-state index contributed by atoms with van der Waals surface area (Å²) >= 11 is 0. The van der Waals surface area contributed by atoms with Crippen molar-refractivity contribution in [2.75, 3.05) is 0 Å². The maximum Gasteiger partial charge on any atom is 0.384 e. The predicted molar refractivity (Wildman–Crippen MR) is 127 cm³/mol. The monoisotopic (exact) mass is 459 g/mol. The lowest BCUT2D eigenvalue weighted by molar-refractivity contribution is -0.149. The molecule has 1 unspecified atom stereocenters. The summed E-state index contributed by atoms with van der Waals surface area (Å²) in [5.74, 6) is 2.87. The molecule has 0 saturated heterocycles. The summed E-state index contributed by atoms with van der Waals surface area (Å²) in [4.78, 5) is 24.9. The number of hydrogen-bond donors (Lipinski definition) is 1. The largest absolute Gasteiger partial charge is 0.481 e. The quantitative estimate of drug-likeness (QED) is 0.331. The van der Waals surface area contributed by atoms with E-state index in [-0.39, 0.29) is 0 Å². The molecule has 1 aliphatic carbocycles. The molecular formula is C28H29NO5. The van der Waals surface area contributed by atoms with Crippen molar-refractivity contribution < 1.29 is 24.2 Å². The van der Waals surface area contributed by atoms with E-state index < -0.39 is 40.2 Å². The van der Waals surface area contributed by atoms with Crippen LogP contribution in [0.5, 0.6) is 11.5 Å². The molecule has 0 radical (unpaired) electrons. The van der Waals surface area contributed by atoms with Crippen molar-refractivity contribution in [3.8, 4) is 29.4 Å². The van der Waals surface area contributed by atoms with E-state index in [0.717, 1.165) is 0 Å². The van der Waals surface area contributed by atoms with Crippen molar-refractivity contribution in [1.29, 1.82) is 5.26 Å². The summed E-state index contributed by atoms with van der Waals surface area (Å²) in [5, 5.41) is 20.4. The molecule has 3 rings (SSSR count). The number of esters is 1. The van der Waals surface area contributed by atoms with Crippen molar-refractivity contribution >= 4 is 11.9 Å². The normalized spacial score (nSPS) is 21.2. The Labute approximate surface area is 200 Å². The second kappa shape index (κ2) is 9.23. The van der Waals surface area contributed by atoms with Crippen molar-refractivity contribution in [3.63, 3.8) is 0 Å². The minimum atomic E-state index is -1.49. The zero-order valence-electron chi connectivity index (χ0n) is 20.1. The third-order valence-corrected chi connectivity index (χ3v) is 6.81. The van der Waals surface area contributed by atoms with Crippen LogP contribution in [0.15, 0.2) is 54.6 Å². The Morgan fingerprint density at radius 3 is 2.35 bits per heavy atom. The second-order valence-electron chi connectivity index (χ2n) is 9.65. The lowest BCUT2D eigenvalue weighted by Gasteiger charge is -2.22. The summed E-state index contributed by atoms with van der Waals surface area (Å²) in [7, 11) is 0. The number of nitriles is 1. The van der Waals surface area contributed by atoms with Gasteiger partial charge < -0.3 is 14.6 Å². The third kappa shape index (κ3) is 4.50. The molecule has 0 amide bonds. The van der Waals surface area contributed by atoms with Crippen LogP contribution >= 0.6 is 0 Å². The minimum absolute atomic E-state index is 0.496. The molecule has 1 aliphatic rings. The Hall–Kier alpha value is -3.77. The van der Waals surface area contributed by atoms with Crippen molar-refractivity contribution in [1.82, 2.24) is 0 Å². The second-order valence-corrected chi connectivity index (χ2v) is 9.65. The smallest absolute Gasteiger partial charge is 0.384 e. The van der Waals surface area contributed by atoms with Gasteiger partial charge in [-0.2, -0.15) is 5.26 Å². The van der Waals surface area contributed by atoms with Crippen LogP contribution in [-0.4, -0.2) is 22.6 Å². The first-order valence-electron chi connectivity index (χ1n) is 11.2. The van der Waals surface area contributed by atoms with Crippen LogP contribution < -0.4 is 4.74 Å². The molecule has 1 fully saturated rings. The van der Waals surface area contributed by atoms with Gasteiger partial charge in [0.1, 0.15) is 22.5 Å². The summed E-state index contributed by atoms with van der Waals surface area (Å²) < 4.78 is 11.2. The first-order valence-corrected chi connectivity index (χ1v) is 11.2. The predicted octanol–water partition coefficient (Wildman–Crippen LogP) is 5.55. The number of ether oxygens (including phenoxy) is 2. The SMILES string of the molecule is CCC(C)(C)OC(=O)C#C[C@H]1C(C)(C)[C@]1(C(=O)O)C(C#N)c1cccc(Oc2ccccc2)c1. The number of benzene rings is 2. The van der Waals surface area contributed by atoms with E-state index in [0.29, 0.717) is 23.5 Å². The molecule has 0 heterocycles. The molecule has 34 heavy (non-hydrogen) atoms. The molecule has 0 aliphatic heterocycles. The van der Waals surface area contributed by atoms with E-state index in [1.54, 1.807) is 52.0 Å². The lowest BCUT2D eigenvalue weighted by atomic mass is 9.78. The molecule has 6 heteroatoms. The fraction of sp³-hybridized carbons (Fsp3) is 0.393. The van der Waals surface area contributed by atoms with Gasteiger partial charge in [-0.15, -0.1) is 0 Å². The number of para-hydroxylation sites is 1. The van der Waals surface area contributed by atoms with Gasteiger partial charge in [-0.3, -0.25) is 4.79 Å². The first-order chi connectivity index (χ1) is 16.0. The summed E-state index contributed by atoms with van der Waals surface area (Å²) in [6.45, 7) is 8.98.